The molecule has 0 aromatic carbocycles. The van der Waals surface area contributed by atoms with Crippen LogP contribution in [0.3, 0.4) is 0 Å². The van der Waals surface area contributed by atoms with Crippen molar-refractivity contribution in [2.45, 2.75) is 46.0 Å². The van der Waals surface area contributed by atoms with Crippen LogP contribution in [-0.4, -0.2) is 63.3 Å². The molecule has 0 atom stereocenters. The predicted octanol–water partition coefficient (Wildman–Crippen LogP) is 2.46. The van der Waals surface area contributed by atoms with E-state index in [9.17, 15) is 0 Å². The molecular weight excluding hydrogens is 391 g/mol. The van der Waals surface area contributed by atoms with Gasteiger partial charge in [0, 0.05) is 39.4 Å². The number of piperidine rings is 1. The zero-order valence-electron chi connectivity index (χ0n) is 14.4. The highest BCUT2D eigenvalue weighted by molar-refractivity contribution is 14.0. The third-order valence-electron chi connectivity index (χ3n) is 3.68. The molecule has 2 N–H and O–H groups in total. The van der Waals surface area contributed by atoms with Gasteiger partial charge >= 0.3 is 0 Å². The average molecular weight is 426 g/mol. The molecule has 0 bridgehead atoms. The SMILES string of the molecule is CCNC(=NCCCCOCC)NCCN1CCCCC1.I. The molecule has 22 heavy (non-hydrogen) atoms. The second kappa shape index (κ2) is 15.8. The van der Waals surface area contributed by atoms with Crippen molar-refractivity contribution >= 4 is 29.9 Å². The summed E-state index contributed by atoms with van der Waals surface area (Å²) >= 11 is 0. The first-order valence-corrected chi connectivity index (χ1v) is 8.69. The maximum atomic E-state index is 5.33. The molecule has 0 aromatic heterocycles. The summed E-state index contributed by atoms with van der Waals surface area (Å²) in [5, 5.41) is 6.75. The molecular formula is C16H35IN4O. The molecule has 5 nitrogen and oxygen atoms in total. The molecule has 0 saturated carbocycles. The van der Waals surface area contributed by atoms with Gasteiger partial charge in [-0.25, -0.2) is 0 Å². The molecule has 6 heteroatoms. The van der Waals surface area contributed by atoms with Crippen molar-refractivity contribution in [3.05, 3.63) is 0 Å². The number of hydrogen-bond acceptors (Lipinski definition) is 3. The van der Waals surface area contributed by atoms with Gasteiger partial charge < -0.3 is 20.3 Å². The van der Waals surface area contributed by atoms with Crippen LogP contribution in [0.5, 0.6) is 0 Å². The molecule has 132 valence electrons. The van der Waals surface area contributed by atoms with Crippen molar-refractivity contribution < 1.29 is 4.74 Å². The van der Waals surface area contributed by atoms with Crippen molar-refractivity contribution in [2.75, 3.05) is 52.5 Å². The normalized spacial score (nSPS) is 16.2. The Morgan fingerprint density at radius 3 is 2.55 bits per heavy atom. The molecule has 1 fully saturated rings. The van der Waals surface area contributed by atoms with Crippen LogP contribution in [0.25, 0.3) is 0 Å². The number of aliphatic imine (C=N–C) groups is 1. The smallest absolute Gasteiger partial charge is 0.191 e. The van der Waals surface area contributed by atoms with Crippen LogP contribution in [0.2, 0.25) is 0 Å². The van der Waals surface area contributed by atoms with Gasteiger partial charge in [0.15, 0.2) is 5.96 Å². The Morgan fingerprint density at radius 1 is 1.09 bits per heavy atom. The lowest BCUT2D eigenvalue weighted by atomic mass is 10.1. The van der Waals surface area contributed by atoms with Crippen LogP contribution in [-0.2, 0) is 4.74 Å². The van der Waals surface area contributed by atoms with Crippen LogP contribution >= 0.6 is 24.0 Å². The number of ether oxygens (including phenoxy) is 1. The number of halogens is 1. The third kappa shape index (κ3) is 11.5. The van der Waals surface area contributed by atoms with Crippen molar-refractivity contribution in [2.24, 2.45) is 4.99 Å². The van der Waals surface area contributed by atoms with Gasteiger partial charge in [-0.15, -0.1) is 24.0 Å². The molecule has 1 saturated heterocycles. The Hall–Kier alpha value is -0.0800. The second-order valence-electron chi connectivity index (χ2n) is 5.49. The Balaban J connectivity index is 0.00000441. The minimum absolute atomic E-state index is 0. The fourth-order valence-electron chi connectivity index (χ4n) is 2.51. The molecule has 0 aromatic rings. The summed E-state index contributed by atoms with van der Waals surface area (Å²) in [6.45, 7) is 12.2. The zero-order chi connectivity index (χ0) is 15.2. The van der Waals surface area contributed by atoms with Crippen molar-refractivity contribution in [1.29, 1.82) is 0 Å². The molecule has 1 aliphatic heterocycles. The number of rotatable bonds is 10. The predicted molar refractivity (Wildman–Crippen MR) is 105 cm³/mol. The lowest BCUT2D eigenvalue weighted by Crippen LogP contribution is -2.42. The van der Waals surface area contributed by atoms with Crippen LogP contribution in [0.15, 0.2) is 4.99 Å². The van der Waals surface area contributed by atoms with Crippen LogP contribution in [0.4, 0.5) is 0 Å². The first kappa shape index (κ1) is 21.9. The van der Waals surface area contributed by atoms with Crippen molar-refractivity contribution in [3.63, 3.8) is 0 Å². The first-order chi connectivity index (χ1) is 10.4. The number of nitrogens with one attached hydrogen (secondary N) is 2. The van der Waals surface area contributed by atoms with Gasteiger partial charge in [0.25, 0.3) is 0 Å². The third-order valence-corrected chi connectivity index (χ3v) is 3.68. The molecule has 1 aliphatic rings. The van der Waals surface area contributed by atoms with Crippen molar-refractivity contribution in [1.82, 2.24) is 15.5 Å². The lowest BCUT2D eigenvalue weighted by Gasteiger charge is -2.26. The fourth-order valence-corrected chi connectivity index (χ4v) is 2.51. The molecule has 1 heterocycles. The highest BCUT2D eigenvalue weighted by Gasteiger charge is 2.09. The zero-order valence-corrected chi connectivity index (χ0v) is 16.7. The molecule has 0 radical (unpaired) electrons. The number of likely N-dealkylation sites (tertiary alicyclic amines) is 1. The first-order valence-electron chi connectivity index (χ1n) is 8.69. The van der Waals surface area contributed by atoms with Gasteiger partial charge in [-0.2, -0.15) is 0 Å². The van der Waals surface area contributed by atoms with Crippen LogP contribution in [0.1, 0.15) is 46.0 Å². The van der Waals surface area contributed by atoms with E-state index in [0.29, 0.717) is 0 Å². The van der Waals surface area contributed by atoms with Crippen molar-refractivity contribution in [3.8, 4) is 0 Å². The lowest BCUT2D eigenvalue weighted by molar-refractivity contribution is 0.144. The van der Waals surface area contributed by atoms with Gasteiger partial charge in [-0.05, 0) is 52.6 Å². The number of guanidine groups is 1. The summed E-state index contributed by atoms with van der Waals surface area (Å²) in [6, 6.07) is 0. The summed E-state index contributed by atoms with van der Waals surface area (Å²) in [7, 11) is 0. The average Bonchev–Trinajstić information content (AvgIpc) is 2.51. The van der Waals surface area contributed by atoms with Crippen LogP contribution in [0, 0.1) is 0 Å². The highest BCUT2D eigenvalue weighted by atomic mass is 127. The van der Waals surface area contributed by atoms with E-state index < -0.39 is 0 Å². The fraction of sp³-hybridized carbons (Fsp3) is 0.938. The minimum atomic E-state index is 0. The van der Waals surface area contributed by atoms with E-state index in [2.05, 4.69) is 27.4 Å². The summed E-state index contributed by atoms with van der Waals surface area (Å²) in [5.41, 5.74) is 0. The minimum Gasteiger partial charge on any atom is -0.382 e. The second-order valence-corrected chi connectivity index (χ2v) is 5.49. The van der Waals surface area contributed by atoms with E-state index in [0.717, 1.165) is 58.2 Å². The number of hydrogen-bond donors (Lipinski definition) is 2. The van der Waals surface area contributed by atoms with Crippen LogP contribution < -0.4 is 10.6 Å². The topological polar surface area (TPSA) is 48.9 Å². The molecule has 0 aliphatic carbocycles. The Morgan fingerprint density at radius 2 is 1.86 bits per heavy atom. The molecule has 1 rings (SSSR count). The van der Waals surface area contributed by atoms with E-state index in [4.69, 9.17) is 4.74 Å². The summed E-state index contributed by atoms with van der Waals surface area (Å²) in [5.74, 6) is 0.950. The summed E-state index contributed by atoms with van der Waals surface area (Å²) < 4.78 is 5.33. The van der Waals surface area contributed by atoms with Gasteiger partial charge in [0.05, 0.1) is 0 Å². The molecule has 0 spiro atoms. The van der Waals surface area contributed by atoms with Gasteiger partial charge in [-0.3, -0.25) is 4.99 Å². The van der Waals surface area contributed by atoms with E-state index in [1.54, 1.807) is 0 Å². The molecule has 0 amide bonds. The Labute approximate surface area is 153 Å². The maximum absolute atomic E-state index is 5.33. The van der Waals surface area contributed by atoms with Gasteiger partial charge in [-0.1, -0.05) is 6.42 Å². The number of nitrogens with zero attached hydrogens (tertiary/aromatic N) is 2. The Kier molecular flexibility index (Phi) is 15.7. The van der Waals surface area contributed by atoms with Gasteiger partial charge in [0.2, 0.25) is 0 Å². The van der Waals surface area contributed by atoms with E-state index >= 15 is 0 Å². The summed E-state index contributed by atoms with van der Waals surface area (Å²) in [6.07, 6.45) is 6.28. The quantitative estimate of drug-likeness (QED) is 0.244. The molecule has 0 unspecified atom stereocenters. The highest BCUT2D eigenvalue weighted by Crippen LogP contribution is 2.07. The van der Waals surface area contributed by atoms with E-state index in [1.165, 1.54) is 32.4 Å². The Bertz CT molecular complexity index is 271. The maximum Gasteiger partial charge on any atom is 0.191 e. The van der Waals surface area contributed by atoms with Gasteiger partial charge in [0.1, 0.15) is 0 Å². The standard InChI is InChI=1S/C16H34N4O.HI/c1-3-17-16(18-10-6-9-15-21-4-2)19-11-14-20-12-7-5-8-13-20;/h3-15H2,1-2H3,(H2,17,18,19);1H. The van der Waals surface area contributed by atoms with E-state index in [-0.39, 0.29) is 24.0 Å². The largest absolute Gasteiger partial charge is 0.382 e. The monoisotopic (exact) mass is 426 g/mol. The van der Waals surface area contributed by atoms with E-state index in [1.807, 2.05) is 6.92 Å². The summed E-state index contributed by atoms with van der Waals surface area (Å²) in [4.78, 5) is 7.16. The number of unbranched alkanes of at least 4 members (excludes halogenated alkanes) is 1.